The summed E-state index contributed by atoms with van der Waals surface area (Å²) in [5.74, 6) is 0. The summed E-state index contributed by atoms with van der Waals surface area (Å²) in [7, 11) is 0. The Morgan fingerprint density at radius 3 is 2.79 bits per heavy atom. The monoisotopic (exact) mass is 250 g/mol. The molecule has 2 aromatic rings. The third kappa shape index (κ3) is 2.31. The maximum absolute atomic E-state index is 9.12. The van der Waals surface area contributed by atoms with Gasteiger partial charge in [-0.25, -0.2) is 0 Å². The quantitative estimate of drug-likeness (QED) is 0.890. The van der Waals surface area contributed by atoms with Gasteiger partial charge in [0.05, 0.1) is 30.5 Å². The lowest BCUT2D eigenvalue weighted by Crippen LogP contribution is -2.23. The van der Waals surface area contributed by atoms with E-state index in [0.717, 1.165) is 5.69 Å². The first-order chi connectivity index (χ1) is 9.38. The molecule has 1 heterocycles. The summed E-state index contributed by atoms with van der Waals surface area (Å²) in [4.78, 5) is 0. The zero-order valence-electron chi connectivity index (χ0n) is 10.5. The topological polar surface area (TPSA) is 45.0 Å². The number of nitriles is 1. The first-order valence-corrected chi connectivity index (χ1v) is 6.29. The third-order valence-corrected chi connectivity index (χ3v) is 3.35. The normalized spacial score (nSPS) is 17.3. The molecule has 1 unspecified atom stereocenters. The number of fused-ring (bicyclic) bond motifs is 1. The second kappa shape index (κ2) is 5.13. The first-order valence-electron chi connectivity index (χ1n) is 6.29. The van der Waals surface area contributed by atoms with E-state index in [1.165, 1.54) is 11.1 Å². The fourth-order valence-electron chi connectivity index (χ4n) is 2.40. The van der Waals surface area contributed by atoms with Crippen molar-refractivity contribution < 1.29 is 4.74 Å². The van der Waals surface area contributed by atoms with Gasteiger partial charge in [-0.15, -0.1) is 0 Å². The van der Waals surface area contributed by atoms with Crippen molar-refractivity contribution in [2.75, 3.05) is 11.9 Å². The molecule has 2 aromatic carbocycles. The lowest BCUT2D eigenvalue weighted by atomic mass is 9.98. The fourth-order valence-corrected chi connectivity index (χ4v) is 2.40. The van der Waals surface area contributed by atoms with Gasteiger partial charge in [0.2, 0.25) is 0 Å². The molecule has 0 aliphatic carbocycles. The van der Waals surface area contributed by atoms with Crippen molar-refractivity contribution in [1.29, 1.82) is 5.26 Å². The Morgan fingerprint density at radius 2 is 1.89 bits per heavy atom. The highest BCUT2D eigenvalue weighted by Crippen LogP contribution is 2.28. The van der Waals surface area contributed by atoms with Gasteiger partial charge >= 0.3 is 0 Å². The molecule has 1 aliphatic rings. The Kier molecular flexibility index (Phi) is 3.18. The number of nitrogens with zero attached hydrogens (tertiary/aromatic N) is 1. The highest BCUT2D eigenvalue weighted by atomic mass is 16.5. The van der Waals surface area contributed by atoms with Gasteiger partial charge in [0, 0.05) is 0 Å². The van der Waals surface area contributed by atoms with Crippen LogP contribution in [0.2, 0.25) is 0 Å². The van der Waals surface area contributed by atoms with Crippen molar-refractivity contribution in [1.82, 2.24) is 0 Å². The molecule has 0 amide bonds. The van der Waals surface area contributed by atoms with Gasteiger partial charge in [-0.1, -0.05) is 36.4 Å². The molecule has 0 saturated heterocycles. The van der Waals surface area contributed by atoms with Crippen LogP contribution in [0.15, 0.2) is 48.5 Å². The second-order valence-electron chi connectivity index (χ2n) is 4.57. The average Bonchev–Trinajstić information content (AvgIpc) is 2.48. The molecule has 0 bridgehead atoms. The third-order valence-electron chi connectivity index (χ3n) is 3.35. The van der Waals surface area contributed by atoms with Crippen molar-refractivity contribution in [2.45, 2.75) is 12.6 Å². The molecule has 0 radical (unpaired) electrons. The van der Waals surface area contributed by atoms with Gasteiger partial charge in [0.15, 0.2) is 0 Å². The van der Waals surface area contributed by atoms with E-state index < -0.39 is 0 Å². The standard InChI is InChI=1S/C16H14N2O/c17-9-12-5-2-4-8-15(12)18-16-11-19-10-13-6-1-3-7-14(13)16/h1-8,16,18H,10-11H2. The molecule has 3 rings (SSSR count). The number of rotatable bonds is 2. The molecule has 1 atom stereocenters. The van der Waals surface area contributed by atoms with Gasteiger partial charge in [0.25, 0.3) is 0 Å². The Morgan fingerprint density at radius 1 is 1.11 bits per heavy atom. The summed E-state index contributed by atoms with van der Waals surface area (Å²) < 4.78 is 5.61. The van der Waals surface area contributed by atoms with Crippen LogP contribution in [0.25, 0.3) is 0 Å². The van der Waals surface area contributed by atoms with Crippen molar-refractivity contribution in [2.24, 2.45) is 0 Å². The SMILES string of the molecule is N#Cc1ccccc1NC1COCc2ccccc21. The number of ether oxygens (including phenoxy) is 1. The Bertz CT molecular complexity index is 631. The van der Waals surface area contributed by atoms with Gasteiger partial charge in [-0.3, -0.25) is 0 Å². The Hall–Kier alpha value is -2.31. The number of anilines is 1. The minimum Gasteiger partial charge on any atom is -0.375 e. The number of hydrogen-bond donors (Lipinski definition) is 1. The van der Waals surface area contributed by atoms with E-state index in [0.29, 0.717) is 18.8 Å². The molecule has 19 heavy (non-hydrogen) atoms. The van der Waals surface area contributed by atoms with Crippen LogP contribution >= 0.6 is 0 Å². The summed E-state index contributed by atoms with van der Waals surface area (Å²) in [6, 6.07) is 18.1. The summed E-state index contributed by atoms with van der Waals surface area (Å²) in [6.45, 7) is 1.28. The molecular weight excluding hydrogens is 236 g/mol. The maximum atomic E-state index is 9.12. The number of benzene rings is 2. The van der Waals surface area contributed by atoms with Crippen LogP contribution in [0.3, 0.4) is 0 Å². The predicted molar refractivity (Wildman–Crippen MR) is 73.6 cm³/mol. The van der Waals surface area contributed by atoms with E-state index in [1.54, 1.807) is 0 Å². The molecule has 0 aromatic heterocycles. The lowest BCUT2D eigenvalue weighted by Gasteiger charge is -2.27. The van der Waals surface area contributed by atoms with Crippen LogP contribution in [-0.2, 0) is 11.3 Å². The Labute approximate surface area is 112 Å². The number of hydrogen-bond acceptors (Lipinski definition) is 3. The van der Waals surface area contributed by atoms with E-state index >= 15 is 0 Å². The summed E-state index contributed by atoms with van der Waals surface area (Å²) >= 11 is 0. The molecular formula is C16H14N2O. The largest absolute Gasteiger partial charge is 0.375 e. The predicted octanol–water partition coefficient (Wildman–Crippen LogP) is 3.24. The van der Waals surface area contributed by atoms with Crippen LogP contribution in [0.1, 0.15) is 22.7 Å². The molecule has 1 N–H and O–H groups in total. The molecule has 0 spiro atoms. The van der Waals surface area contributed by atoms with Crippen molar-refractivity contribution in [3.63, 3.8) is 0 Å². The number of nitrogens with one attached hydrogen (secondary N) is 1. The van der Waals surface area contributed by atoms with Gasteiger partial charge in [0.1, 0.15) is 6.07 Å². The molecule has 0 saturated carbocycles. The molecule has 3 nitrogen and oxygen atoms in total. The van der Waals surface area contributed by atoms with E-state index in [1.807, 2.05) is 36.4 Å². The van der Waals surface area contributed by atoms with Crippen LogP contribution < -0.4 is 5.32 Å². The van der Waals surface area contributed by atoms with Crippen LogP contribution in [0.5, 0.6) is 0 Å². The summed E-state index contributed by atoms with van der Waals surface area (Å²) in [5.41, 5.74) is 3.98. The van der Waals surface area contributed by atoms with Crippen LogP contribution in [0.4, 0.5) is 5.69 Å². The number of para-hydroxylation sites is 1. The van der Waals surface area contributed by atoms with E-state index in [-0.39, 0.29) is 6.04 Å². The minimum atomic E-state index is 0.0967. The zero-order chi connectivity index (χ0) is 13.1. The fraction of sp³-hybridized carbons (Fsp3) is 0.188. The van der Waals surface area contributed by atoms with Crippen molar-refractivity contribution >= 4 is 5.69 Å². The van der Waals surface area contributed by atoms with Crippen molar-refractivity contribution in [3.05, 3.63) is 65.2 Å². The molecule has 1 aliphatic heterocycles. The maximum Gasteiger partial charge on any atom is 0.101 e. The van der Waals surface area contributed by atoms with Crippen LogP contribution in [-0.4, -0.2) is 6.61 Å². The van der Waals surface area contributed by atoms with Gasteiger partial charge in [-0.2, -0.15) is 5.26 Å². The molecule has 0 fully saturated rings. The molecule has 94 valence electrons. The zero-order valence-corrected chi connectivity index (χ0v) is 10.5. The van der Waals surface area contributed by atoms with E-state index in [9.17, 15) is 0 Å². The van der Waals surface area contributed by atoms with Gasteiger partial charge < -0.3 is 10.1 Å². The smallest absolute Gasteiger partial charge is 0.101 e. The summed E-state index contributed by atoms with van der Waals surface area (Å²) in [5, 5.41) is 12.5. The highest BCUT2D eigenvalue weighted by Gasteiger charge is 2.20. The second-order valence-corrected chi connectivity index (χ2v) is 4.57. The van der Waals surface area contributed by atoms with Crippen molar-refractivity contribution in [3.8, 4) is 6.07 Å². The first kappa shape index (κ1) is 11.8. The Balaban J connectivity index is 1.91. The lowest BCUT2D eigenvalue weighted by molar-refractivity contribution is 0.0970. The average molecular weight is 250 g/mol. The van der Waals surface area contributed by atoms with E-state index in [2.05, 4.69) is 23.5 Å². The summed E-state index contributed by atoms with van der Waals surface area (Å²) in [6.07, 6.45) is 0. The highest BCUT2D eigenvalue weighted by molar-refractivity contribution is 5.58. The van der Waals surface area contributed by atoms with Crippen LogP contribution in [0, 0.1) is 11.3 Å². The molecule has 3 heteroatoms. The van der Waals surface area contributed by atoms with E-state index in [4.69, 9.17) is 10.00 Å². The van der Waals surface area contributed by atoms with Gasteiger partial charge in [-0.05, 0) is 23.3 Å². The minimum absolute atomic E-state index is 0.0967.